The molecule has 1 aliphatic carbocycles. The SMILES string of the molecule is CC(=O)N1CCN(c2ccc(Nc3ncc(C(N)=O)c(NC4CCC(N(Cc5ccccc5)C(=O)O)CC4)n3)cc2)CC1. The van der Waals surface area contributed by atoms with Crippen molar-refractivity contribution in [2.24, 2.45) is 5.73 Å². The number of nitrogens with one attached hydrogen (secondary N) is 2. The van der Waals surface area contributed by atoms with Gasteiger partial charge in [0.05, 0.1) is 5.56 Å². The lowest BCUT2D eigenvalue weighted by molar-refractivity contribution is -0.129. The first-order valence-electron chi connectivity index (χ1n) is 14.6. The average molecular weight is 587 g/mol. The third kappa shape index (κ3) is 7.51. The number of aromatic nitrogens is 2. The minimum atomic E-state index is -0.925. The summed E-state index contributed by atoms with van der Waals surface area (Å²) in [4.78, 5) is 50.3. The van der Waals surface area contributed by atoms with E-state index >= 15 is 0 Å². The van der Waals surface area contributed by atoms with E-state index in [1.807, 2.05) is 59.5 Å². The fourth-order valence-corrected chi connectivity index (χ4v) is 5.75. The molecule has 0 radical (unpaired) electrons. The molecule has 1 aromatic heterocycles. The maximum atomic E-state index is 12.2. The zero-order valence-corrected chi connectivity index (χ0v) is 24.3. The third-order valence-corrected chi connectivity index (χ3v) is 8.19. The molecule has 0 atom stereocenters. The lowest BCUT2D eigenvalue weighted by atomic mass is 9.90. The molecule has 0 bridgehead atoms. The number of piperazine rings is 1. The van der Waals surface area contributed by atoms with Crippen LogP contribution in [0.2, 0.25) is 0 Å². The summed E-state index contributed by atoms with van der Waals surface area (Å²) in [5, 5.41) is 16.4. The number of rotatable bonds is 9. The highest BCUT2D eigenvalue weighted by molar-refractivity contribution is 5.97. The number of carboxylic acid groups (broad SMARTS) is 1. The summed E-state index contributed by atoms with van der Waals surface area (Å²) in [5.41, 5.74) is 8.64. The predicted octanol–water partition coefficient (Wildman–Crippen LogP) is 3.89. The first kappa shape index (κ1) is 29.6. The minimum absolute atomic E-state index is 0.00669. The summed E-state index contributed by atoms with van der Waals surface area (Å²) in [5.74, 6) is 0.153. The van der Waals surface area contributed by atoms with Gasteiger partial charge in [0.25, 0.3) is 5.91 Å². The van der Waals surface area contributed by atoms with Gasteiger partial charge in [-0.1, -0.05) is 30.3 Å². The molecule has 12 nitrogen and oxygen atoms in total. The van der Waals surface area contributed by atoms with E-state index in [1.165, 1.54) is 11.1 Å². The molecule has 1 saturated heterocycles. The maximum Gasteiger partial charge on any atom is 0.407 e. The van der Waals surface area contributed by atoms with E-state index in [4.69, 9.17) is 5.73 Å². The van der Waals surface area contributed by atoms with Crippen molar-refractivity contribution in [3.05, 3.63) is 71.9 Å². The van der Waals surface area contributed by atoms with E-state index in [1.54, 1.807) is 6.92 Å². The second-order valence-corrected chi connectivity index (χ2v) is 11.0. The maximum absolute atomic E-state index is 12.2. The molecule has 12 heteroatoms. The Morgan fingerprint density at radius 3 is 2.26 bits per heavy atom. The fourth-order valence-electron chi connectivity index (χ4n) is 5.75. The van der Waals surface area contributed by atoms with Crippen molar-refractivity contribution < 1.29 is 19.5 Å². The van der Waals surface area contributed by atoms with Gasteiger partial charge in [0, 0.05) is 69.3 Å². The van der Waals surface area contributed by atoms with Crippen LogP contribution < -0.4 is 21.3 Å². The van der Waals surface area contributed by atoms with Gasteiger partial charge in [0.2, 0.25) is 11.9 Å². The van der Waals surface area contributed by atoms with Crippen LogP contribution in [0, 0.1) is 0 Å². The van der Waals surface area contributed by atoms with E-state index in [2.05, 4.69) is 25.5 Å². The highest BCUT2D eigenvalue weighted by atomic mass is 16.4. The Balaban J connectivity index is 1.20. The van der Waals surface area contributed by atoms with Crippen molar-refractivity contribution >= 4 is 41.0 Å². The van der Waals surface area contributed by atoms with Crippen molar-refractivity contribution in [3.8, 4) is 0 Å². The molecule has 3 aromatic rings. The molecule has 5 N–H and O–H groups in total. The van der Waals surface area contributed by atoms with Crippen LogP contribution in [0.25, 0.3) is 0 Å². The van der Waals surface area contributed by atoms with Crippen molar-refractivity contribution in [1.82, 2.24) is 19.8 Å². The summed E-state index contributed by atoms with van der Waals surface area (Å²) in [6.45, 7) is 4.92. The van der Waals surface area contributed by atoms with Crippen LogP contribution in [0.5, 0.6) is 0 Å². The van der Waals surface area contributed by atoms with E-state index in [0.29, 0.717) is 44.2 Å². The van der Waals surface area contributed by atoms with E-state index in [9.17, 15) is 19.5 Å². The highest BCUT2D eigenvalue weighted by Gasteiger charge is 2.30. The number of benzene rings is 2. The number of anilines is 4. The second kappa shape index (κ2) is 13.4. The molecular formula is C31H38N8O4. The zero-order chi connectivity index (χ0) is 30.3. The smallest absolute Gasteiger partial charge is 0.407 e. The van der Waals surface area contributed by atoms with Crippen LogP contribution in [-0.2, 0) is 11.3 Å². The van der Waals surface area contributed by atoms with Gasteiger partial charge < -0.3 is 36.2 Å². The van der Waals surface area contributed by atoms with Gasteiger partial charge in [-0.3, -0.25) is 9.59 Å². The molecule has 2 aromatic carbocycles. The molecule has 2 fully saturated rings. The van der Waals surface area contributed by atoms with Gasteiger partial charge in [-0.2, -0.15) is 4.98 Å². The van der Waals surface area contributed by atoms with Gasteiger partial charge >= 0.3 is 6.09 Å². The number of nitrogens with zero attached hydrogens (tertiary/aromatic N) is 5. The number of carbonyl (C=O) groups excluding carboxylic acids is 2. The predicted molar refractivity (Wildman–Crippen MR) is 164 cm³/mol. The number of nitrogens with two attached hydrogens (primary N) is 1. The quantitative estimate of drug-likeness (QED) is 0.292. The molecule has 2 aliphatic rings. The first-order valence-corrected chi connectivity index (χ1v) is 14.6. The molecule has 2 heterocycles. The van der Waals surface area contributed by atoms with Gasteiger partial charge in [-0.15, -0.1) is 0 Å². The van der Waals surface area contributed by atoms with Crippen molar-refractivity contribution in [3.63, 3.8) is 0 Å². The Bertz CT molecular complexity index is 1420. The van der Waals surface area contributed by atoms with Gasteiger partial charge in [0.15, 0.2) is 0 Å². The number of primary amides is 1. The molecule has 5 rings (SSSR count). The third-order valence-electron chi connectivity index (χ3n) is 8.19. The Morgan fingerprint density at radius 1 is 0.977 bits per heavy atom. The van der Waals surface area contributed by atoms with Crippen LogP contribution in [0.4, 0.5) is 27.9 Å². The standard InChI is InChI=1S/C31H38N8O4/c1-21(40)37-15-17-38(18-16-37)25-11-7-24(8-12-25)35-30-33-19-27(28(32)41)29(36-30)34-23-9-13-26(14-10-23)39(31(42)43)20-22-5-3-2-4-6-22/h2-8,11-12,19,23,26H,9-10,13-18,20H2,1H3,(H2,32,41)(H,42,43)(H2,33,34,35,36). The molecule has 0 spiro atoms. The Hall–Kier alpha value is -4.87. The summed E-state index contributed by atoms with van der Waals surface area (Å²) >= 11 is 0. The first-order chi connectivity index (χ1) is 20.8. The number of hydrogen-bond donors (Lipinski definition) is 4. The van der Waals surface area contributed by atoms with Crippen molar-refractivity contribution in [2.45, 2.75) is 51.2 Å². The lowest BCUT2D eigenvalue weighted by Crippen LogP contribution is -2.48. The molecule has 1 aliphatic heterocycles. The number of carbonyl (C=O) groups is 3. The van der Waals surface area contributed by atoms with Crippen molar-refractivity contribution in [2.75, 3.05) is 41.7 Å². The fraction of sp³-hybridized carbons (Fsp3) is 0.387. The van der Waals surface area contributed by atoms with E-state index < -0.39 is 12.0 Å². The second-order valence-electron chi connectivity index (χ2n) is 11.0. The number of hydrogen-bond acceptors (Lipinski definition) is 8. The van der Waals surface area contributed by atoms with Crippen LogP contribution in [0.15, 0.2) is 60.8 Å². The molecular weight excluding hydrogens is 548 g/mol. The molecule has 226 valence electrons. The summed E-state index contributed by atoms with van der Waals surface area (Å²) < 4.78 is 0. The average Bonchev–Trinajstić information content (AvgIpc) is 3.01. The van der Waals surface area contributed by atoms with Crippen LogP contribution in [0.3, 0.4) is 0 Å². The normalized spacial score (nSPS) is 18.5. The zero-order valence-electron chi connectivity index (χ0n) is 24.3. The van der Waals surface area contributed by atoms with Gasteiger partial charge in [0.1, 0.15) is 5.82 Å². The van der Waals surface area contributed by atoms with Crippen LogP contribution >= 0.6 is 0 Å². The van der Waals surface area contributed by atoms with Crippen LogP contribution in [-0.4, -0.2) is 81.0 Å². The van der Waals surface area contributed by atoms with Crippen LogP contribution in [0.1, 0.15) is 48.5 Å². The molecule has 0 unspecified atom stereocenters. The number of amides is 3. The van der Waals surface area contributed by atoms with Crippen molar-refractivity contribution in [1.29, 1.82) is 0 Å². The Morgan fingerprint density at radius 2 is 1.65 bits per heavy atom. The minimum Gasteiger partial charge on any atom is -0.465 e. The molecule has 3 amide bonds. The molecule has 1 saturated carbocycles. The van der Waals surface area contributed by atoms with Gasteiger partial charge in [-0.25, -0.2) is 9.78 Å². The lowest BCUT2D eigenvalue weighted by Gasteiger charge is -2.36. The van der Waals surface area contributed by atoms with E-state index in [0.717, 1.165) is 42.9 Å². The highest BCUT2D eigenvalue weighted by Crippen LogP contribution is 2.28. The summed E-state index contributed by atoms with van der Waals surface area (Å²) in [7, 11) is 0. The summed E-state index contributed by atoms with van der Waals surface area (Å²) in [6.07, 6.45) is 3.31. The summed E-state index contributed by atoms with van der Waals surface area (Å²) in [6, 6.07) is 17.4. The Labute approximate surface area is 250 Å². The Kier molecular flexibility index (Phi) is 9.23. The monoisotopic (exact) mass is 586 g/mol. The topological polar surface area (TPSA) is 157 Å². The van der Waals surface area contributed by atoms with Gasteiger partial charge in [-0.05, 0) is 55.5 Å². The largest absolute Gasteiger partial charge is 0.465 e. The molecule has 43 heavy (non-hydrogen) atoms. The van der Waals surface area contributed by atoms with E-state index in [-0.39, 0.29) is 23.6 Å².